The lowest BCUT2D eigenvalue weighted by Gasteiger charge is -2.32. The zero-order valence-electron chi connectivity index (χ0n) is 14.3. The van der Waals surface area contributed by atoms with E-state index in [-0.39, 0.29) is 18.1 Å². The van der Waals surface area contributed by atoms with Gasteiger partial charge in [0.25, 0.3) is 5.60 Å². The Morgan fingerprint density at radius 3 is 2.29 bits per heavy atom. The van der Waals surface area contributed by atoms with Crippen LogP contribution in [-0.2, 0) is 19.9 Å². The van der Waals surface area contributed by atoms with E-state index in [1.807, 2.05) is 26.8 Å². The smallest absolute Gasteiger partial charge is 0.432 e. The summed E-state index contributed by atoms with van der Waals surface area (Å²) >= 11 is 0. The molecule has 0 unspecified atom stereocenters. The van der Waals surface area contributed by atoms with E-state index in [1.54, 1.807) is 6.07 Å². The molecule has 2 atom stereocenters. The second-order valence-electron chi connectivity index (χ2n) is 5.79. The Kier molecular flexibility index (Phi) is 7.02. The number of carbonyl (C=O) groups excluding carboxylic acids is 1. The van der Waals surface area contributed by atoms with Gasteiger partial charge in [-0.05, 0) is 26.2 Å². The molecule has 0 spiro atoms. The van der Waals surface area contributed by atoms with Crippen molar-refractivity contribution in [3.8, 4) is 0 Å². The van der Waals surface area contributed by atoms with Crippen molar-refractivity contribution in [1.82, 2.24) is 0 Å². The number of hydrogen-bond donors (Lipinski definition) is 0. The molecule has 6 heteroatoms. The molecule has 0 aliphatic rings. The molecule has 0 saturated heterocycles. The summed E-state index contributed by atoms with van der Waals surface area (Å²) in [6.07, 6.45) is -2.39. The third-order valence-electron chi connectivity index (χ3n) is 3.84. The topological polar surface area (TPSA) is 35.5 Å². The van der Waals surface area contributed by atoms with E-state index in [0.717, 1.165) is 12.7 Å². The van der Waals surface area contributed by atoms with Crippen LogP contribution in [0.1, 0.15) is 32.8 Å². The number of benzene rings is 1. The largest absolute Gasteiger partial charge is 0.463 e. The van der Waals surface area contributed by atoms with E-state index in [0.29, 0.717) is 6.42 Å². The Morgan fingerprint density at radius 2 is 1.83 bits per heavy atom. The van der Waals surface area contributed by atoms with Gasteiger partial charge in [0, 0.05) is 12.7 Å². The summed E-state index contributed by atoms with van der Waals surface area (Å²) in [5.74, 6) is -1.54. The molecule has 0 N–H and O–H groups in total. The van der Waals surface area contributed by atoms with E-state index in [4.69, 9.17) is 4.74 Å². The van der Waals surface area contributed by atoms with Crippen molar-refractivity contribution in [1.29, 1.82) is 0 Å². The van der Waals surface area contributed by atoms with E-state index in [9.17, 15) is 18.0 Å². The van der Waals surface area contributed by atoms with Crippen LogP contribution in [0.5, 0.6) is 0 Å². The normalized spacial score (nSPS) is 16.4. The van der Waals surface area contributed by atoms with Crippen molar-refractivity contribution >= 4 is 5.97 Å². The molecule has 0 saturated carbocycles. The average Bonchev–Trinajstić information content (AvgIpc) is 2.53. The first-order chi connectivity index (χ1) is 11.2. The molecule has 0 fully saturated rings. The molecule has 0 bridgehead atoms. The molecule has 134 valence electrons. The van der Waals surface area contributed by atoms with Crippen LogP contribution in [0.2, 0.25) is 0 Å². The minimum absolute atomic E-state index is 0.0938. The van der Waals surface area contributed by atoms with Crippen LogP contribution in [0.25, 0.3) is 0 Å². The molecule has 0 aliphatic heterocycles. The number of ether oxygens (including phenoxy) is 2. The SMILES string of the molecule is C/C=C(\C)C[C@@H](C)COC(=O)[C@@](OC)(c1ccccc1)C(F)(F)F. The van der Waals surface area contributed by atoms with E-state index in [2.05, 4.69) is 4.74 Å². The molecule has 0 aliphatic carbocycles. The van der Waals surface area contributed by atoms with Gasteiger partial charge >= 0.3 is 12.1 Å². The van der Waals surface area contributed by atoms with Crippen molar-refractivity contribution < 1.29 is 27.4 Å². The zero-order chi connectivity index (χ0) is 18.4. The Hall–Kier alpha value is -1.82. The van der Waals surface area contributed by atoms with E-state index < -0.39 is 17.7 Å². The summed E-state index contributed by atoms with van der Waals surface area (Å²) in [6, 6.07) is 6.80. The third kappa shape index (κ3) is 4.38. The van der Waals surface area contributed by atoms with Crippen molar-refractivity contribution in [2.24, 2.45) is 5.92 Å². The predicted octanol–water partition coefficient (Wildman–Crippen LogP) is 4.63. The summed E-state index contributed by atoms with van der Waals surface area (Å²) < 4.78 is 50.6. The lowest BCUT2D eigenvalue weighted by Crippen LogP contribution is -2.52. The monoisotopic (exact) mass is 344 g/mol. The molecule has 0 heterocycles. The predicted molar refractivity (Wildman–Crippen MR) is 85.4 cm³/mol. The number of rotatable bonds is 7. The van der Waals surface area contributed by atoms with Gasteiger partial charge in [-0.2, -0.15) is 13.2 Å². The second kappa shape index (κ2) is 8.33. The summed E-state index contributed by atoms with van der Waals surface area (Å²) in [4.78, 5) is 12.3. The lowest BCUT2D eigenvalue weighted by atomic mass is 9.92. The zero-order valence-corrected chi connectivity index (χ0v) is 14.3. The number of allylic oxidation sites excluding steroid dienone is 2. The van der Waals surface area contributed by atoms with Crippen LogP contribution in [0, 0.1) is 5.92 Å². The molecule has 1 rings (SSSR count). The highest BCUT2D eigenvalue weighted by Crippen LogP contribution is 2.43. The molecular formula is C18H23F3O3. The van der Waals surface area contributed by atoms with Crippen molar-refractivity contribution in [3.63, 3.8) is 0 Å². The van der Waals surface area contributed by atoms with Crippen LogP contribution in [-0.4, -0.2) is 25.9 Å². The number of methoxy groups -OCH3 is 1. The summed E-state index contributed by atoms with van der Waals surface area (Å²) in [7, 11) is 0.856. The average molecular weight is 344 g/mol. The first-order valence-corrected chi connectivity index (χ1v) is 7.65. The summed E-state index contributed by atoms with van der Waals surface area (Å²) in [5.41, 5.74) is -2.35. The molecule has 0 amide bonds. The Balaban J connectivity index is 3.02. The highest BCUT2D eigenvalue weighted by molar-refractivity contribution is 5.82. The number of hydrogen-bond acceptors (Lipinski definition) is 3. The van der Waals surface area contributed by atoms with Crippen molar-refractivity contribution in [2.75, 3.05) is 13.7 Å². The van der Waals surface area contributed by atoms with Gasteiger partial charge in [0.05, 0.1) is 6.61 Å². The van der Waals surface area contributed by atoms with Gasteiger partial charge in [0.2, 0.25) is 0 Å². The maximum absolute atomic E-state index is 13.7. The number of carbonyl (C=O) groups is 1. The van der Waals surface area contributed by atoms with E-state index >= 15 is 0 Å². The standard InChI is InChI=1S/C18H23F3O3/c1-5-13(2)11-14(3)12-24-16(22)17(23-4,18(19,20)21)15-9-7-6-8-10-15/h5-10,14H,11-12H2,1-4H3/b13-5+/t14-,17+/m1/s1. The fourth-order valence-electron chi connectivity index (χ4n) is 2.43. The molecule has 1 aromatic rings. The maximum Gasteiger partial charge on any atom is 0.432 e. The van der Waals surface area contributed by atoms with Gasteiger partial charge in [-0.3, -0.25) is 0 Å². The van der Waals surface area contributed by atoms with Gasteiger partial charge in [0.1, 0.15) is 0 Å². The molecule has 3 nitrogen and oxygen atoms in total. The Labute approximate surface area is 140 Å². The number of halogens is 3. The minimum atomic E-state index is -4.94. The number of esters is 1. The third-order valence-corrected chi connectivity index (χ3v) is 3.84. The van der Waals surface area contributed by atoms with Gasteiger partial charge < -0.3 is 9.47 Å². The molecule has 0 radical (unpaired) electrons. The molecule has 0 aromatic heterocycles. The Bertz CT molecular complexity index is 567. The fraction of sp³-hybridized carbons (Fsp3) is 0.500. The van der Waals surface area contributed by atoms with Crippen molar-refractivity contribution in [3.05, 3.63) is 47.5 Å². The highest BCUT2D eigenvalue weighted by atomic mass is 19.4. The maximum atomic E-state index is 13.7. The van der Waals surface area contributed by atoms with Crippen LogP contribution >= 0.6 is 0 Å². The fourth-order valence-corrected chi connectivity index (χ4v) is 2.43. The lowest BCUT2D eigenvalue weighted by molar-refractivity contribution is -0.276. The second-order valence-corrected chi connectivity index (χ2v) is 5.79. The first-order valence-electron chi connectivity index (χ1n) is 7.65. The highest BCUT2D eigenvalue weighted by Gasteiger charge is 2.64. The van der Waals surface area contributed by atoms with Gasteiger partial charge in [-0.25, -0.2) is 4.79 Å². The van der Waals surface area contributed by atoms with Gasteiger partial charge in [-0.15, -0.1) is 0 Å². The molecule has 24 heavy (non-hydrogen) atoms. The van der Waals surface area contributed by atoms with Crippen LogP contribution in [0.4, 0.5) is 13.2 Å². The first kappa shape index (κ1) is 20.2. The van der Waals surface area contributed by atoms with Crippen LogP contribution in [0.15, 0.2) is 42.0 Å². The van der Waals surface area contributed by atoms with Crippen LogP contribution < -0.4 is 0 Å². The van der Waals surface area contributed by atoms with E-state index in [1.165, 1.54) is 24.3 Å². The van der Waals surface area contributed by atoms with Gasteiger partial charge in [0.15, 0.2) is 0 Å². The summed E-state index contributed by atoms with van der Waals surface area (Å²) in [6.45, 7) is 5.49. The molecular weight excluding hydrogens is 321 g/mol. The molecule has 1 aromatic carbocycles. The number of alkyl halides is 3. The summed E-state index contributed by atoms with van der Waals surface area (Å²) in [5, 5.41) is 0. The minimum Gasteiger partial charge on any atom is -0.463 e. The van der Waals surface area contributed by atoms with Gasteiger partial charge in [-0.1, -0.05) is 48.9 Å². The quantitative estimate of drug-likeness (QED) is 0.534. The van der Waals surface area contributed by atoms with Crippen molar-refractivity contribution in [2.45, 2.75) is 39.0 Å². The Morgan fingerprint density at radius 1 is 1.25 bits per heavy atom. The van der Waals surface area contributed by atoms with Crippen LogP contribution in [0.3, 0.4) is 0 Å².